The molecule has 2 amide bonds. The summed E-state index contributed by atoms with van der Waals surface area (Å²) in [6.45, 7) is 7.75. The van der Waals surface area contributed by atoms with E-state index in [9.17, 15) is 9.59 Å². The Balaban J connectivity index is 1.61. The highest BCUT2D eigenvalue weighted by molar-refractivity contribution is 5.97. The lowest BCUT2D eigenvalue weighted by Gasteiger charge is -2.15. The molecule has 4 aromatic rings. The topological polar surface area (TPSA) is 129 Å². The van der Waals surface area contributed by atoms with Gasteiger partial charge in [-0.05, 0) is 31.2 Å². The quantitative estimate of drug-likeness (QED) is 0.374. The number of rotatable bonds is 7. The van der Waals surface area contributed by atoms with Gasteiger partial charge in [0.2, 0.25) is 5.91 Å². The molecule has 10 nitrogen and oxygen atoms in total. The Morgan fingerprint density at radius 3 is 2.51 bits per heavy atom. The van der Waals surface area contributed by atoms with Gasteiger partial charge in [-0.15, -0.1) is 0 Å². The standard InChI is InChI=1S/C25H26N8O2/c1-6-21(34)30-20-8-7-16(12-27-20)17-11-19-22(31-32-24(19)28-13-17)15(3)29-23-14(2)18(9-10-26-23)25(35)33(4)5/h7-13H,3,6H2,1-2,4-5H3,(H,26,29)(H,27,30,34)(H,28,31,32). The van der Waals surface area contributed by atoms with Crippen molar-refractivity contribution in [2.75, 3.05) is 24.7 Å². The van der Waals surface area contributed by atoms with Crippen LogP contribution < -0.4 is 10.6 Å². The van der Waals surface area contributed by atoms with Crippen molar-refractivity contribution in [3.8, 4) is 11.1 Å². The van der Waals surface area contributed by atoms with E-state index in [0.717, 1.165) is 16.5 Å². The van der Waals surface area contributed by atoms with E-state index in [-0.39, 0.29) is 11.8 Å². The number of nitrogens with zero attached hydrogens (tertiary/aromatic N) is 5. The summed E-state index contributed by atoms with van der Waals surface area (Å²) in [6.07, 6.45) is 5.38. The van der Waals surface area contributed by atoms with Gasteiger partial charge in [0.1, 0.15) is 17.3 Å². The van der Waals surface area contributed by atoms with Crippen LogP contribution in [0, 0.1) is 6.92 Å². The summed E-state index contributed by atoms with van der Waals surface area (Å²) < 4.78 is 0. The van der Waals surface area contributed by atoms with Crippen LogP contribution in [0.5, 0.6) is 0 Å². The first kappa shape index (κ1) is 23.6. The minimum atomic E-state index is -0.105. The van der Waals surface area contributed by atoms with Crippen LogP contribution in [0.1, 0.15) is 35.0 Å². The van der Waals surface area contributed by atoms with Gasteiger partial charge in [0, 0.05) is 66.7 Å². The molecule has 0 aliphatic heterocycles. The van der Waals surface area contributed by atoms with Crippen LogP contribution in [-0.2, 0) is 4.79 Å². The molecule has 0 saturated heterocycles. The van der Waals surface area contributed by atoms with Gasteiger partial charge in [0.05, 0.1) is 5.70 Å². The van der Waals surface area contributed by atoms with Crippen molar-refractivity contribution in [2.24, 2.45) is 0 Å². The molecule has 4 aromatic heterocycles. The molecule has 4 heterocycles. The molecule has 0 spiro atoms. The molecule has 4 rings (SSSR count). The van der Waals surface area contributed by atoms with Gasteiger partial charge < -0.3 is 15.5 Å². The van der Waals surface area contributed by atoms with E-state index in [2.05, 4.69) is 42.4 Å². The van der Waals surface area contributed by atoms with Crippen molar-refractivity contribution in [3.63, 3.8) is 0 Å². The maximum Gasteiger partial charge on any atom is 0.253 e. The van der Waals surface area contributed by atoms with Crippen LogP contribution in [0.4, 0.5) is 11.6 Å². The van der Waals surface area contributed by atoms with Gasteiger partial charge in [0.15, 0.2) is 5.65 Å². The van der Waals surface area contributed by atoms with Crippen LogP contribution in [0.15, 0.2) is 49.4 Å². The number of aromatic nitrogens is 5. The zero-order valence-electron chi connectivity index (χ0n) is 20.0. The van der Waals surface area contributed by atoms with E-state index < -0.39 is 0 Å². The lowest BCUT2D eigenvalue weighted by Crippen LogP contribution is -2.23. The number of fused-ring (bicyclic) bond motifs is 1. The molecule has 35 heavy (non-hydrogen) atoms. The lowest BCUT2D eigenvalue weighted by molar-refractivity contribution is -0.115. The molecule has 10 heteroatoms. The number of aromatic amines is 1. The van der Waals surface area contributed by atoms with Gasteiger partial charge in [-0.2, -0.15) is 5.10 Å². The SMILES string of the molecule is C=C(Nc1nccc(C(=O)N(C)C)c1C)c1n[nH]c2ncc(-c3ccc(NC(=O)CC)nc3)cc12. The highest BCUT2D eigenvalue weighted by atomic mass is 16.2. The van der Waals surface area contributed by atoms with E-state index in [1.807, 2.05) is 19.1 Å². The average Bonchev–Trinajstić information content (AvgIpc) is 3.28. The first-order valence-electron chi connectivity index (χ1n) is 11.0. The number of carbonyl (C=O) groups is 2. The Bertz CT molecular complexity index is 1420. The van der Waals surface area contributed by atoms with Crippen molar-refractivity contribution in [2.45, 2.75) is 20.3 Å². The molecule has 0 aliphatic carbocycles. The van der Waals surface area contributed by atoms with Gasteiger partial charge >= 0.3 is 0 Å². The van der Waals surface area contributed by atoms with Gasteiger partial charge in [0.25, 0.3) is 5.91 Å². The molecule has 3 N–H and O–H groups in total. The number of hydrogen-bond donors (Lipinski definition) is 3. The van der Waals surface area contributed by atoms with Crippen LogP contribution in [-0.4, -0.2) is 56.0 Å². The Morgan fingerprint density at radius 2 is 1.83 bits per heavy atom. The third-order valence-corrected chi connectivity index (χ3v) is 5.50. The lowest BCUT2D eigenvalue weighted by atomic mass is 10.1. The third-order valence-electron chi connectivity index (χ3n) is 5.50. The largest absolute Gasteiger partial charge is 0.345 e. The van der Waals surface area contributed by atoms with Crippen LogP contribution in [0.25, 0.3) is 27.9 Å². The van der Waals surface area contributed by atoms with Crippen molar-refractivity contribution < 1.29 is 9.59 Å². The van der Waals surface area contributed by atoms with Crippen molar-refractivity contribution in [3.05, 3.63) is 66.3 Å². The zero-order valence-corrected chi connectivity index (χ0v) is 20.0. The van der Waals surface area contributed by atoms with E-state index in [1.165, 1.54) is 4.90 Å². The second kappa shape index (κ2) is 9.72. The fourth-order valence-electron chi connectivity index (χ4n) is 3.50. The number of nitrogens with one attached hydrogen (secondary N) is 3. The van der Waals surface area contributed by atoms with Crippen LogP contribution in [0.3, 0.4) is 0 Å². The molecule has 0 aromatic carbocycles. The Kier molecular flexibility index (Phi) is 6.54. The first-order chi connectivity index (χ1) is 16.8. The number of anilines is 2. The summed E-state index contributed by atoms with van der Waals surface area (Å²) >= 11 is 0. The molecule has 178 valence electrons. The van der Waals surface area contributed by atoms with E-state index in [0.29, 0.717) is 46.2 Å². The summed E-state index contributed by atoms with van der Waals surface area (Å²) in [5, 5.41) is 14.0. The van der Waals surface area contributed by atoms with Crippen LogP contribution >= 0.6 is 0 Å². The molecule has 0 aliphatic rings. The van der Waals surface area contributed by atoms with Crippen molar-refractivity contribution in [1.29, 1.82) is 0 Å². The Labute approximate surface area is 202 Å². The number of pyridine rings is 3. The minimum Gasteiger partial charge on any atom is -0.345 e. The smallest absolute Gasteiger partial charge is 0.253 e. The molecule has 0 fully saturated rings. The summed E-state index contributed by atoms with van der Waals surface area (Å²) in [5.41, 5.74) is 4.65. The van der Waals surface area contributed by atoms with Gasteiger partial charge in [-0.3, -0.25) is 14.7 Å². The number of carbonyl (C=O) groups excluding carboxylic acids is 2. The second-order valence-electron chi connectivity index (χ2n) is 8.16. The fourth-order valence-corrected chi connectivity index (χ4v) is 3.50. The maximum atomic E-state index is 12.5. The zero-order chi connectivity index (χ0) is 25.1. The van der Waals surface area contributed by atoms with Crippen molar-refractivity contribution in [1.82, 2.24) is 30.0 Å². The molecular weight excluding hydrogens is 444 g/mol. The highest BCUT2D eigenvalue weighted by Crippen LogP contribution is 2.28. The van der Waals surface area contributed by atoms with E-state index in [4.69, 9.17) is 0 Å². The molecule has 0 atom stereocenters. The molecule has 0 bridgehead atoms. The predicted octanol–water partition coefficient (Wildman–Crippen LogP) is 3.86. The minimum absolute atomic E-state index is 0.0938. The maximum absolute atomic E-state index is 12.5. The average molecular weight is 471 g/mol. The Morgan fingerprint density at radius 1 is 1.06 bits per heavy atom. The normalized spacial score (nSPS) is 10.7. The number of amides is 2. The Hall–Kier alpha value is -4.60. The third kappa shape index (κ3) is 4.86. The first-order valence-corrected chi connectivity index (χ1v) is 11.0. The van der Waals surface area contributed by atoms with Crippen molar-refractivity contribution >= 4 is 40.2 Å². The predicted molar refractivity (Wildman–Crippen MR) is 136 cm³/mol. The second-order valence-corrected chi connectivity index (χ2v) is 8.16. The molecule has 0 unspecified atom stereocenters. The fraction of sp³-hybridized carbons (Fsp3) is 0.200. The summed E-state index contributed by atoms with van der Waals surface area (Å²) in [6, 6.07) is 7.26. The van der Waals surface area contributed by atoms with Crippen LogP contribution in [0.2, 0.25) is 0 Å². The summed E-state index contributed by atoms with van der Waals surface area (Å²) in [4.78, 5) is 38.7. The molecular formula is C25H26N8O2. The molecule has 0 saturated carbocycles. The molecule has 0 radical (unpaired) electrons. The monoisotopic (exact) mass is 470 g/mol. The number of hydrogen-bond acceptors (Lipinski definition) is 7. The van der Waals surface area contributed by atoms with Gasteiger partial charge in [-0.1, -0.05) is 13.5 Å². The van der Waals surface area contributed by atoms with Gasteiger partial charge in [-0.25, -0.2) is 15.0 Å². The summed E-state index contributed by atoms with van der Waals surface area (Å²) in [5.74, 6) is 0.821. The number of H-pyrrole nitrogens is 1. The van der Waals surface area contributed by atoms with E-state index >= 15 is 0 Å². The summed E-state index contributed by atoms with van der Waals surface area (Å²) in [7, 11) is 3.41. The highest BCUT2D eigenvalue weighted by Gasteiger charge is 2.17. The van der Waals surface area contributed by atoms with E-state index in [1.54, 1.807) is 51.7 Å².